The Morgan fingerprint density at radius 3 is 2.59 bits per heavy atom. The Kier molecular flexibility index (Phi) is 8.88. The van der Waals surface area contributed by atoms with Crippen LogP contribution in [0.3, 0.4) is 0 Å². The van der Waals surface area contributed by atoms with Crippen molar-refractivity contribution in [2.45, 2.75) is 76.9 Å². The van der Waals surface area contributed by atoms with Gasteiger partial charge in [0.25, 0.3) is 5.91 Å². The molecule has 4 rings (SSSR count). The number of hydrogen-bond acceptors (Lipinski definition) is 7. The highest BCUT2D eigenvalue weighted by molar-refractivity contribution is 5.88. The quantitative estimate of drug-likeness (QED) is 0.395. The number of carbonyl (C=O) groups excluding carboxylic acids is 3. The maximum absolute atomic E-state index is 12.9. The van der Waals surface area contributed by atoms with Gasteiger partial charge in [-0.3, -0.25) is 14.5 Å². The molecule has 1 aromatic carbocycles. The SMILES string of the molecule is CC(C)(C)OC(=O)N1CCCC(OCCONC(=O)[C@@H]2CC[C@@H]3CN2C(=O)N3OCc2ccccc2)C1. The third-order valence-electron chi connectivity index (χ3n) is 6.58. The second kappa shape index (κ2) is 12.1. The average molecular weight is 519 g/mol. The Bertz CT molecular complexity index is 939. The Hall–Kier alpha value is -2.89. The van der Waals surface area contributed by atoms with Crippen molar-refractivity contribution < 1.29 is 33.5 Å². The summed E-state index contributed by atoms with van der Waals surface area (Å²) in [7, 11) is 0. The molecule has 3 fully saturated rings. The lowest BCUT2D eigenvalue weighted by Crippen LogP contribution is -2.50. The zero-order valence-corrected chi connectivity index (χ0v) is 21.9. The van der Waals surface area contributed by atoms with Crippen LogP contribution >= 0.6 is 0 Å². The fourth-order valence-electron chi connectivity index (χ4n) is 4.80. The van der Waals surface area contributed by atoms with E-state index in [1.165, 1.54) is 5.06 Å². The van der Waals surface area contributed by atoms with Crippen LogP contribution < -0.4 is 5.48 Å². The van der Waals surface area contributed by atoms with Crippen molar-refractivity contribution in [1.82, 2.24) is 20.3 Å². The van der Waals surface area contributed by atoms with E-state index in [9.17, 15) is 14.4 Å². The van der Waals surface area contributed by atoms with Crippen molar-refractivity contribution in [3.63, 3.8) is 0 Å². The molecule has 11 nitrogen and oxygen atoms in total. The van der Waals surface area contributed by atoms with E-state index in [0.29, 0.717) is 39.1 Å². The fraction of sp³-hybridized carbons (Fsp3) is 0.654. The lowest BCUT2D eigenvalue weighted by molar-refractivity contribution is -0.142. The third kappa shape index (κ3) is 7.33. The Morgan fingerprint density at radius 2 is 1.84 bits per heavy atom. The van der Waals surface area contributed by atoms with E-state index in [0.717, 1.165) is 18.4 Å². The van der Waals surface area contributed by atoms with Crippen LogP contribution in [0.4, 0.5) is 9.59 Å². The number of nitrogens with one attached hydrogen (secondary N) is 1. The van der Waals surface area contributed by atoms with E-state index in [1.807, 2.05) is 51.1 Å². The second-order valence-corrected chi connectivity index (χ2v) is 10.6. The molecule has 2 bridgehead atoms. The van der Waals surface area contributed by atoms with Crippen LogP contribution in [0.5, 0.6) is 0 Å². The van der Waals surface area contributed by atoms with Gasteiger partial charge in [-0.05, 0) is 52.0 Å². The molecule has 11 heteroatoms. The first-order valence-corrected chi connectivity index (χ1v) is 13.0. The number of nitrogens with zero attached hydrogens (tertiary/aromatic N) is 3. The number of benzene rings is 1. The van der Waals surface area contributed by atoms with E-state index in [-0.39, 0.29) is 43.4 Å². The Morgan fingerprint density at radius 1 is 1.05 bits per heavy atom. The minimum absolute atomic E-state index is 0.0645. The van der Waals surface area contributed by atoms with Gasteiger partial charge in [0.1, 0.15) is 18.2 Å². The van der Waals surface area contributed by atoms with Gasteiger partial charge in [-0.25, -0.2) is 15.1 Å². The van der Waals surface area contributed by atoms with E-state index in [1.54, 1.807) is 9.80 Å². The van der Waals surface area contributed by atoms with Crippen LogP contribution in [0, 0.1) is 0 Å². The molecule has 1 aromatic rings. The van der Waals surface area contributed by atoms with Gasteiger partial charge in [0.15, 0.2) is 0 Å². The Labute approximate surface area is 217 Å². The molecule has 3 aliphatic rings. The lowest BCUT2D eigenvalue weighted by atomic mass is 10.0. The molecule has 204 valence electrons. The molecule has 0 aliphatic carbocycles. The van der Waals surface area contributed by atoms with E-state index < -0.39 is 11.6 Å². The minimum atomic E-state index is -0.601. The maximum atomic E-state index is 12.9. The van der Waals surface area contributed by atoms with Gasteiger partial charge >= 0.3 is 12.1 Å². The van der Waals surface area contributed by atoms with E-state index >= 15 is 0 Å². The number of carbonyl (C=O) groups is 3. The first-order valence-electron chi connectivity index (χ1n) is 13.0. The number of amides is 4. The van der Waals surface area contributed by atoms with Gasteiger partial charge in [-0.2, -0.15) is 5.06 Å². The topological polar surface area (TPSA) is 110 Å². The summed E-state index contributed by atoms with van der Waals surface area (Å²) in [6, 6.07) is 8.69. The van der Waals surface area contributed by atoms with E-state index in [4.69, 9.17) is 19.1 Å². The molecule has 3 aliphatic heterocycles. The predicted octanol–water partition coefficient (Wildman–Crippen LogP) is 2.85. The molecular weight excluding hydrogens is 480 g/mol. The largest absolute Gasteiger partial charge is 0.444 e. The molecule has 0 spiro atoms. The molecule has 3 saturated heterocycles. The first kappa shape index (κ1) is 27.2. The molecule has 0 saturated carbocycles. The molecule has 4 amide bonds. The Balaban J connectivity index is 1.14. The van der Waals surface area contributed by atoms with Crippen molar-refractivity contribution in [2.75, 3.05) is 32.8 Å². The van der Waals surface area contributed by atoms with Crippen molar-refractivity contribution in [3.05, 3.63) is 35.9 Å². The molecular formula is C26H38N4O7. The molecule has 1 unspecified atom stereocenters. The van der Waals surface area contributed by atoms with Crippen molar-refractivity contribution in [2.24, 2.45) is 0 Å². The summed E-state index contributed by atoms with van der Waals surface area (Å²) in [5, 5.41) is 1.40. The fourth-order valence-corrected chi connectivity index (χ4v) is 4.80. The number of ether oxygens (including phenoxy) is 2. The predicted molar refractivity (Wildman–Crippen MR) is 133 cm³/mol. The summed E-state index contributed by atoms with van der Waals surface area (Å²) in [6.45, 7) is 7.81. The highest BCUT2D eigenvalue weighted by Crippen LogP contribution is 2.30. The lowest BCUT2D eigenvalue weighted by Gasteiger charge is -2.34. The molecule has 37 heavy (non-hydrogen) atoms. The van der Waals surface area contributed by atoms with Gasteiger partial charge in [0, 0.05) is 13.1 Å². The number of hydroxylamine groups is 3. The zero-order valence-electron chi connectivity index (χ0n) is 21.9. The molecule has 3 heterocycles. The maximum Gasteiger partial charge on any atom is 0.410 e. The van der Waals surface area contributed by atoms with Crippen LogP contribution in [0.1, 0.15) is 52.0 Å². The number of likely N-dealkylation sites (tertiary alicyclic amines) is 1. The standard InChI is InChI=1S/C26H38N4O7/c1-26(2,3)37-25(33)28-13-7-10-21(17-28)34-14-15-35-27-23(31)22-12-11-20-16-29(22)24(32)30(20)36-18-19-8-5-4-6-9-19/h4-6,8-9,20-22H,7,10-18H2,1-3H3,(H,27,31)/t20-,21?,22+/m1/s1. The summed E-state index contributed by atoms with van der Waals surface area (Å²) in [5.41, 5.74) is 2.90. The number of piperidine rings is 2. The second-order valence-electron chi connectivity index (χ2n) is 10.6. The summed E-state index contributed by atoms with van der Waals surface area (Å²) < 4.78 is 11.3. The van der Waals surface area contributed by atoms with Crippen molar-refractivity contribution >= 4 is 18.0 Å². The highest BCUT2D eigenvalue weighted by Gasteiger charge is 2.48. The summed E-state index contributed by atoms with van der Waals surface area (Å²) in [4.78, 5) is 52.2. The van der Waals surface area contributed by atoms with Crippen LogP contribution in [-0.2, 0) is 30.6 Å². The molecule has 1 N–H and O–H groups in total. The van der Waals surface area contributed by atoms with Gasteiger partial charge < -0.3 is 19.3 Å². The highest BCUT2D eigenvalue weighted by atomic mass is 16.7. The number of hydrogen-bond donors (Lipinski definition) is 1. The number of fused-ring (bicyclic) bond motifs is 2. The normalized spacial score (nSPS) is 23.8. The van der Waals surface area contributed by atoms with E-state index in [2.05, 4.69) is 5.48 Å². The van der Waals surface area contributed by atoms with Crippen molar-refractivity contribution in [1.29, 1.82) is 0 Å². The summed E-state index contributed by atoms with van der Waals surface area (Å²) in [5.74, 6) is -0.356. The van der Waals surface area contributed by atoms with Gasteiger partial charge in [-0.1, -0.05) is 30.3 Å². The van der Waals surface area contributed by atoms with Crippen LogP contribution in [0.2, 0.25) is 0 Å². The van der Waals surface area contributed by atoms with Crippen LogP contribution in [0.15, 0.2) is 30.3 Å². The molecule has 0 radical (unpaired) electrons. The average Bonchev–Trinajstić information content (AvgIpc) is 3.11. The molecule has 3 atom stereocenters. The number of rotatable bonds is 9. The van der Waals surface area contributed by atoms with Gasteiger partial charge in [-0.15, -0.1) is 0 Å². The summed E-state index contributed by atoms with van der Waals surface area (Å²) in [6.07, 6.45) is 2.44. The minimum Gasteiger partial charge on any atom is -0.444 e. The van der Waals surface area contributed by atoms with Gasteiger partial charge in [0.2, 0.25) is 0 Å². The zero-order chi connectivity index (χ0) is 26.4. The van der Waals surface area contributed by atoms with Crippen molar-refractivity contribution in [3.8, 4) is 0 Å². The third-order valence-corrected chi connectivity index (χ3v) is 6.58. The first-order chi connectivity index (χ1) is 17.7. The molecule has 0 aromatic heterocycles. The van der Waals surface area contributed by atoms with Crippen LogP contribution in [0.25, 0.3) is 0 Å². The summed E-state index contributed by atoms with van der Waals surface area (Å²) >= 11 is 0. The van der Waals surface area contributed by atoms with Gasteiger partial charge in [0.05, 0.1) is 31.9 Å². The smallest absolute Gasteiger partial charge is 0.410 e. The monoisotopic (exact) mass is 518 g/mol. The van der Waals surface area contributed by atoms with Crippen LogP contribution in [-0.4, -0.2) is 89.5 Å². The number of urea groups is 1.